The minimum absolute atomic E-state index is 0.401. The highest BCUT2D eigenvalue weighted by Crippen LogP contribution is 2.23. The van der Waals surface area contributed by atoms with Gasteiger partial charge in [0, 0.05) is 0 Å². The summed E-state index contributed by atoms with van der Waals surface area (Å²) in [6.07, 6.45) is 1.84. The zero-order chi connectivity index (χ0) is 17.1. The van der Waals surface area contributed by atoms with E-state index in [9.17, 15) is 0 Å². The molecule has 1 heterocycles. The summed E-state index contributed by atoms with van der Waals surface area (Å²) in [6.45, 7) is 8.77. The van der Waals surface area contributed by atoms with E-state index >= 15 is 0 Å². The summed E-state index contributed by atoms with van der Waals surface area (Å²) in [6, 6.07) is 14.7. The monoisotopic (exact) mass is 321 g/mol. The zero-order valence-corrected chi connectivity index (χ0v) is 14.6. The molecule has 0 aliphatic heterocycles. The molecule has 0 saturated carbocycles. The number of nitrogens with zero attached hydrogens (tertiary/aromatic N) is 2. The Morgan fingerprint density at radius 3 is 2.54 bits per heavy atom. The van der Waals surface area contributed by atoms with Crippen LogP contribution in [0.15, 0.2) is 52.0 Å². The van der Waals surface area contributed by atoms with Gasteiger partial charge in [-0.15, -0.1) is 0 Å². The third-order valence-electron chi connectivity index (χ3n) is 4.06. The maximum absolute atomic E-state index is 5.61. The van der Waals surface area contributed by atoms with Gasteiger partial charge in [-0.3, -0.25) is 0 Å². The Morgan fingerprint density at radius 2 is 1.83 bits per heavy atom. The van der Waals surface area contributed by atoms with Crippen LogP contribution >= 0.6 is 0 Å². The molecule has 3 rings (SSSR count). The first-order chi connectivity index (χ1) is 11.5. The average molecular weight is 321 g/mol. The lowest BCUT2D eigenvalue weighted by Gasteiger charge is -2.13. The van der Waals surface area contributed by atoms with Crippen molar-refractivity contribution in [1.82, 2.24) is 4.98 Å². The highest BCUT2D eigenvalue weighted by Gasteiger charge is 2.08. The van der Waals surface area contributed by atoms with Crippen LogP contribution in [-0.2, 0) is 0 Å². The average Bonchev–Trinajstić information content (AvgIpc) is 2.97. The van der Waals surface area contributed by atoms with E-state index < -0.39 is 0 Å². The number of aromatic nitrogens is 1. The standard InChI is InChI=1S/C20H23N3O/c1-13(2)15-9-10-17(14(3)4)16(11-15)12-21-23-20-22-18-7-5-6-8-19(18)24-20/h5-14H,1-4H3,(H,22,23)/b21-12+. The number of nitrogens with one attached hydrogen (secondary N) is 1. The molecule has 0 bridgehead atoms. The minimum Gasteiger partial charge on any atom is -0.422 e. The number of benzene rings is 2. The lowest BCUT2D eigenvalue weighted by Crippen LogP contribution is -2.00. The van der Waals surface area contributed by atoms with Crippen LogP contribution < -0.4 is 5.43 Å². The van der Waals surface area contributed by atoms with Crippen molar-refractivity contribution >= 4 is 23.3 Å². The largest absolute Gasteiger partial charge is 0.422 e. The lowest BCUT2D eigenvalue weighted by atomic mass is 9.92. The van der Waals surface area contributed by atoms with Crippen LogP contribution in [0.2, 0.25) is 0 Å². The van der Waals surface area contributed by atoms with E-state index in [-0.39, 0.29) is 0 Å². The summed E-state index contributed by atoms with van der Waals surface area (Å²) in [5.41, 5.74) is 8.17. The molecule has 24 heavy (non-hydrogen) atoms. The van der Waals surface area contributed by atoms with Crippen molar-refractivity contribution in [1.29, 1.82) is 0 Å². The molecular weight excluding hydrogens is 298 g/mol. The second kappa shape index (κ2) is 6.87. The molecular formula is C20H23N3O. The number of hydrogen-bond donors (Lipinski definition) is 1. The van der Waals surface area contributed by atoms with Gasteiger partial charge in [-0.2, -0.15) is 10.1 Å². The Balaban J connectivity index is 1.83. The molecule has 124 valence electrons. The fourth-order valence-electron chi connectivity index (χ4n) is 2.67. The molecule has 0 atom stereocenters. The highest BCUT2D eigenvalue weighted by atomic mass is 16.4. The van der Waals surface area contributed by atoms with Crippen molar-refractivity contribution in [3.8, 4) is 0 Å². The van der Waals surface area contributed by atoms with E-state index in [0.29, 0.717) is 17.9 Å². The quantitative estimate of drug-likeness (QED) is 0.497. The van der Waals surface area contributed by atoms with E-state index in [1.165, 1.54) is 11.1 Å². The summed E-state index contributed by atoms with van der Waals surface area (Å²) < 4.78 is 5.61. The lowest BCUT2D eigenvalue weighted by molar-refractivity contribution is 0.617. The van der Waals surface area contributed by atoms with Crippen LogP contribution in [0.25, 0.3) is 11.1 Å². The Labute approximate surface area is 142 Å². The van der Waals surface area contributed by atoms with Crippen molar-refractivity contribution in [2.75, 3.05) is 5.43 Å². The molecule has 0 aliphatic carbocycles. The molecule has 2 aromatic carbocycles. The Bertz CT molecular complexity index is 829. The molecule has 4 heteroatoms. The molecule has 3 aromatic rings. The molecule has 0 unspecified atom stereocenters. The number of fused-ring (bicyclic) bond motifs is 1. The fraction of sp³-hybridized carbons (Fsp3) is 0.300. The molecule has 0 aliphatic rings. The first-order valence-corrected chi connectivity index (χ1v) is 8.33. The maximum atomic E-state index is 5.61. The van der Waals surface area contributed by atoms with Crippen LogP contribution in [0.4, 0.5) is 6.01 Å². The van der Waals surface area contributed by atoms with Gasteiger partial charge in [0.05, 0.1) is 6.21 Å². The van der Waals surface area contributed by atoms with E-state index in [4.69, 9.17) is 4.42 Å². The summed E-state index contributed by atoms with van der Waals surface area (Å²) in [7, 11) is 0. The van der Waals surface area contributed by atoms with Crippen LogP contribution in [0.3, 0.4) is 0 Å². The van der Waals surface area contributed by atoms with Crippen molar-refractivity contribution in [3.05, 3.63) is 59.2 Å². The second-order valence-electron chi connectivity index (χ2n) is 6.55. The number of hydrazone groups is 1. The van der Waals surface area contributed by atoms with Crippen LogP contribution in [-0.4, -0.2) is 11.2 Å². The first kappa shape index (κ1) is 16.2. The third kappa shape index (κ3) is 3.48. The van der Waals surface area contributed by atoms with Gasteiger partial charge in [0.2, 0.25) is 0 Å². The Hall–Kier alpha value is -2.62. The van der Waals surface area contributed by atoms with E-state index in [1.807, 2.05) is 30.5 Å². The molecule has 4 nitrogen and oxygen atoms in total. The van der Waals surface area contributed by atoms with Crippen LogP contribution in [0.5, 0.6) is 0 Å². The molecule has 0 spiro atoms. The van der Waals surface area contributed by atoms with Gasteiger partial charge in [0.1, 0.15) is 5.52 Å². The second-order valence-corrected chi connectivity index (χ2v) is 6.55. The van der Waals surface area contributed by atoms with Gasteiger partial charge < -0.3 is 4.42 Å². The summed E-state index contributed by atoms with van der Waals surface area (Å²) in [5, 5.41) is 4.32. The summed E-state index contributed by atoms with van der Waals surface area (Å²) >= 11 is 0. The smallest absolute Gasteiger partial charge is 0.316 e. The normalized spacial score (nSPS) is 11.9. The van der Waals surface area contributed by atoms with Crippen molar-refractivity contribution < 1.29 is 4.42 Å². The van der Waals surface area contributed by atoms with Crippen LogP contribution in [0, 0.1) is 0 Å². The third-order valence-corrected chi connectivity index (χ3v) is 4.06. The maximum Gasteiger partial charge on any atom is 0.316 e. The van der Waals surface area contributed by atoms with Gasteiger partial charge in [-0.25, -0.2) is 5.43 Å². The minimum atomic E-state index is 0.401. The van der Waals surface area contributed by atoms with Gasteiger partial charge in [0.15, 0.2) is 5.58 Å². The molecule has 0 radical (unpaired) electrons. The van der Waals surface area contributed by atoms with Gasteiger partial charge in [0.25, 0.3) is 0 Å². The van der Waals surface area contributed by atoms with Crippen molar-refractivity contribution in [3.63, 3.8) is 0 Å². The molecule has 1 aromatic heterocycles. The Kier molecular flexibility index (Phi) is 4.65. The molecule has 0 fully saturated rings. The predicted octanol–water partition coefficient (Wildman–Crippen LogP) is 5.52. The molecule has 1 N–H and O–H groups in total. The van der Waals surface area contributed by atoms with Gasteiger partial charge >= 0.3 is 6.01 Å². The van der Waals surface area contributed by atoms with Gasteiger partial charge in [-0.1, -0.05) is 52.0 Å². The number of oxazole rings is 1. The number of rotatable bonds is 5. The molecule has 0 saturated heterocycles. The predicted molar refractivity (Wildman–Crippen MR) is 99.8 cm³/mol. The van der Waals surface area contributed by atoms with Crippen molar-refractivity contribution in [2.24, 2.45) is 5.10 Å². The van der Waals surface area contributed by atoms with Crippen molar-refractivity contribution in [2.45, 2.75) is 39.5 Å². The SMILES string of the molecule is CC(C)c1ccc(C(C)C)c(/C=N/Nc2nc3ccccc3o2)c1. The van der Waals surface area contributed by atoms with E-state index in [2.05, 4.69) is 61.4 Å². The van der Waals surface area contributed by atoms with Crippen LogP contribution in [0.1, 0.15) is 56.2 Å². The number of anilines is 1. The van der Waals surface area contributed by atoms with Gasteiger partial charge in [-0.05, 0) is 46.7 Å². The Morgan fingerprint density at radius 1 is 1.04 bits per heavy atom. The first-order valence-electron chi connectivity index (χ1n) is 8.33. The highest BCUT2D eigenvalue weighted by molar-refractivity contribution is 5.83. The zero-order valence-electron chi connectivity index (χ0n) is 14.6. The number of para-hydroxylation sites is 2. The summed E-state index contributed by atoms with van der Waals surface area (Å²) in [5.74, 6) is 0.931. The number of hydrogen-bond acceptors (Lipinski definition) is 4. The fourth-order valence-corrected chi connectivity index (χ4v) is 2.67. The topological polar surface area (TPSA) is 50.4 Å². The molecule has 0 amide bonds. The van der Waals surface area contributed by atoms with E-state index in [1.54, 1.807) is 0 Å². The summed E-state index contributed by atoms with van der Waals surface area (Å²) in [4.78, 5) is 4.36. The van der Waals surface area contributed by atoms with E-state index in [0.717, 1.165) is 16.7 Å².